The molecule has 0 saturated carbocycles. The Morgan fingerprint density at radius 3 is 2.58 bits per heavy atom. The SMILES string of the molecule is COc1ccc(-c2nc(CCNC(=O)C(C)n3nc(-c4ccncc4)ccc3=O)cs2)cc1. The summed E-state index contributed by atoms with van der Waals surface area (Å²) in [5, 5.41) is 10.2. The molecule has 0 aliphatic rings. The number of methoxy groups -OCH3 is 1. The van der Waals surface area contributed by atoms with Crippen LogP contribution in [0.25, 0.3) is 21.8 Å². The van der Waals surface area contributed by atoms with Gasteiger partial charge in [-0.3, -0.25) is 14.6 Å². The average molecular weight is 462 g/mol. The van der Waals surface area contributed by atoms with Gasteiger partial charge in [-0.15, -0.1) is 11.3 Å². The van der Waals surface area contributed by atoms with Gasteiger partial charge < -0.3 is 10.1 Å². The van der Waals surface area contributed by atoms with E-state index in [1.165, 1.54) is 10.7 Å². The van der Waals surface area contributed by atoms with E-state index in [4.69, 9.17) is 4.74 Å². The molecule has 1 N–H and O–H groups in total. The van der Waals surface area contributed by atoms with Gasteiger partial charge in [0.05, 0.1) is 18.5 Å². The number of nitrogens with zero attached hydrogens (tertiary/aromatic N) is 4. The summed E-state index contributed by atoms with van der Waals surface area (Å²) in [6.07, 6.45) is 3.90. The molecule has 0 saturated heterocycles. The molecule has 3 heterocycles. The number of rotatable bonds is 8. The minimum absolute atomic E-state index is 0.276. The van der Waals surface area contributed by atoms with Crippen molar-refractivity contribution < 1.29 is 9.53 Å². The molecule has 0 aliphatic carbocycles. The normalized spacial score (nSPS) is 11.7. The standard InChI is InChI=1S/C24H23N5O3S/c1-16(29-22(30)8-7-21(28-29)17-9-12-25-13-10-17)23(31)26-14-11-19-15-33-24(27-19)18-3-5-20(32-2)6-4-18/h3-10,12-13,15-16H,11,14H2,1-2H3,(H,26,31). The highest BCUT2D eigenvalue weighted by atomic mass is 32.1. The lowest BCUT2D eigenvalue weighted by Gasteiger charge is -2.14. The van der Waals surface area contributed by atoms with Crippen molar-refractivity contribution in [3.63, 3.8) is 0 Å². The number of benzene rings is 1. The van der Waals surface area contributed by atoms with Crippen molar-refractivity contribution in [2.24, 2.45) is 0 Å². The van der Waals surface area contributed by atoms with Gasteiger partial charge in [0.25, 0.3) is 5.56 Å². The number of nitrogens with one attached hydrogen (secondary N) is 1. The second kappa shape index (κ2) is 10.2. The third-order valence-electron chi connectivity index (χ3n) is 5.12. The number of hydrogen-bond donors (Lipinski definition) is 1. The van der Waals surface area contributed by atoms with Crippen molar-refractivity contribution in [3.05, 3.63) is 82.4 Å². The van der Waals surface area contributed by atoms with Gasteiger partial charge in [-0.25, -0.2) is 9.67 Å². The van der Waals surface area contributed by atoms with Crippen molar-refractivity contribution in [2.45, 2.75) is 19.4 Å². The Morgan fingerprint density at radius 2 is 1.85 bits per heavy atom. The first-order valence-electron chi connectivity index (χ1n) is 10.4. The Bertz CT molecular complexity index is 1290. The van der Waals surface area contributed by atoms with Gasteiger partial charge in [-0.2, -0.15) is 5.10 Å². The summed E-state index contributed by atoms with van der Waals surface area (Å²) < 4.78 is 6.39. The number of amides is 1. The summed E-state index contributed by atoms with van der Waals surface area (Å²) >= 11 is 1.56. The highest BCUT2D eigenvalue weighted by molar-refractivity contribution is 7.13. The molecular formula is C24H23N5O3S. The number of pyridine rings is 1. The maximum absolute atomic E-state index is 12.7. The van der Waals surface area contributed by atoms with E-state index in [2.05, 4.69) is 20.4 Å². The molecule has 9 heteroatoms. The Balaban J connectivity index is 1.36. The fraction of sp³-hybridized carbons (Fsp3) is 0.208. The Labute approximate surface area is 194 Å². The summed E-state index contributed by atoms with van der Waals surface area (Å²) in [6, 6.07) is 13.7. The molecule has 4 rings (SSSR count). The van der Waals surface area contributed by atoms with Gasteiger partial charge >= 0.3 is 0 Å². The number of aromatic nitrogens is 4. The summed E-state index contributed by atoms with van der Waals surface area (Å²) in [5.74, 6) is 0.523. The maximum atomic E-state index is 12.7. The maximum Gasteiger partial charge on any atom is 0.267 e. The first-order chi connectivity index (χ1) is 16.0. The fourth-order valence-corrected chi connectivity index (χ4v) is 4.10. The van der Waals surface area contributed by atoms with Crippen LogP contribution < -0.4 is 15.6 Å². The predicted molar refractivity (Wildman–Crippen MR) is 127 cm³/mol. The summed E-state index contributed by atoms with van der Waals surface area (Å²) in [7, 11) is 1.63. The molecule has 1 unspecified atom stereocenters. The molecule has 0 spiro atoms. The van der Waals surface area contributed by atoms with Crippen molar-refractivity contribution in [3.8, 4) is 27.6 Å². The molecule has 1 atom stereocenters. The second-order valence-electron chi connectivity index (χ2n) is 7.33. The molecule has 0 radical (unpaired) electrons. The van der Waals surface area contributed by atoms with Crippen LogP contribution in [0.4, 0.5) is 0 Å². The first-order valence-corrected chi connectivity index (χ1v) is 11.3. The zero-order valence-electron chi connectivity index (χ0n) is 18.3. The lowest BCUT2D eigenvalue weighted by molar-refractivity contribution is -0.124. The quantitative estimate of drug-likeness (QED) is 0.432. The number of thiazole rings is 1. The summed E-state index contributed by atoms with van der Waals surface area (Å²) in [5.41, 5.74) is 3.00. The van der Waals surface area contributed by atoms with Crippen LogP contribution in [0.3, 0.4) is 0 Å². The monoisotopic (exact) mass is 461 g/mol. The van der Waals surface area contributed by atoms with Gasteiger partial charge in [0.1, 0.15) is 16.8 Å². The van der Waals surface area contributed by atoms with E-state index in [1.807, 2.05) is 29.6 Å². The topological polar surface area (TPSA) is 99.0 Å². The lowest BCUT2D eigenvalue weighted by Crippen LogP contribution is -2.37. The summed E-state index contributed by atoms with van der Waals surface area (Å²) in [6.45, 7) is 2.07. The van der Waals surface area contributed by atoms with Gasteiger partial charge in [-0.1, -0.05) is 0 Å². The van der Waals surface area contributed by atoms with Crippen LogP contribution in [0, 0.1) is 0 Å². The van der Waals surface area contributed by atoms with Gasteiger partial charge in [0.2, 0.25) is 5.91 Å². The van der Waals surface area contributed by atoms with Crippen molar-refractivity contribution in [1.29, 1.82) is 0 Å². The molecule has 0 bridgehead atoms. The minimum Gasteiger partial charge on any atom is -0.497 e. The molecule has 1 aromatic carbocycles. The molecule has 0 aliphatic heterocycles. The van der Waals surface area contributed by atoms with Gasteiger partial charge in [-0.05, 0) is 49.4 Å². The Hall–Kier alpha value is -3.85. The zero-order chi connectivity index (χ0) is 23.2. The van der Waals surface area contributed by atoms with E-state index in [0.717, 1.165) is 27.6 Å². The largest absolute Gasteiger partial charge is 0.497 e. The van der Waals surface area contributed by atoms with E-state index in [0.29, 0.717) is 18.7 Å². The smallest absolute Gasteiger partial charge is 0.267 e. The van der Waals surface area contributed by atoms with Crippen LogP contribution in [-0.2, 0) is 11.2 Å². The van der Waals surface area contributed by atoms with Crippen molar-refractivity contribution >= 4 is 17.2 Å². The van der Waals surface area contributed by atoms with E-state index < -0.39 is 6.04 Å². The van der Waals surface area contributed by atoms with Crippen molar-refractivity contribution in [2.75, 3.05) is 13.7 Å². The number of carbonyl (C=O) groups is 1. The molecule has 33 heavy (non-hydrogen) atoms. The molecule has 168 valence electrons. The Kier molecular flexibility index (Phi) is 6.89. The van der Waals surface area contributed by atoms with Crippen molar-refractivity contribution in [1.82, 2.24) is 25.1 Å². The lowest BCUT2D eigenvalue weighted by atomic mass is 10.2. The van der Waals surface area contributed by atoms with Crippen LogP contribution in [0.1, 0.15) is 18.7 Å². The first kappa shape index (κ1) is 22.3. The highest BCUT2D eigenvalue weighted by Crippen LogP contribution is 2.25. The van der Waals surface area contributed by atoms with E-state index >= 15 is 0 Å². The van der Waals surface area contributed by atoms with Gasteiger partial charge in [0, 0.05) is 47.9 Å². The zero-order valence-corrected chi connectivity index (χ0v) is 19.1. The highest BCUT2D eigenvalue weighted by Gasteiger charge is 2.18. The predicted octanol–water partition coefficient (Wildman–Crippen LogP) is 3.36. The van der Waals surface area contributed by atoms with E-state index in [-0.39, 0.29) is 11.5 Å². The van der Waals surface area contributed by atoms with E-state index in [9.17, 15) is 9.59 Å². The average Bonchev–Trinajstić information content (AvgIpc) is 3.33. The molecule has 3 aromatic heterocycles. The fourth-order valence-electron chi connectivity index (χ4n) is 3.24. The second-order valence-corrected chi connectivity index (χ2v) is 8.18. The van der Waals surface area contributed by atoms with E-state index in [1.54, 1.807) is 56.0 Å². The molecule has 1 amide bonds. The minimum atomic E-state index is -0.746. The van der Waals surface area contributed by atoms with Crippen LogP contribution in [0.5, 0.6) is 5.75 Å². The number of ether oxygens (including phenoxy) is 1. The summed E-state index contributed by atoms with van der Waals surface area (Å²) in [4.78, 5) is 33.6. The van der Waals surface area contributed by atoms with Crippen LogP contribution >= 0.6 is 11.3 Å². The third kappa shape index (κ3) is 5.32. The van der Waals surface area contributed by atoms with Crippen LogP contribution in [0.2, 0.25) is 0 Å². The molecule has 4 aromatic rings. The van der Waals surface area contributed by atoms with Gasteiger partial charge in [0.15, 0.2) is 0 Å². The number of carbonyl (C=O) groups excluding carboxylic acids is 1. The Morgan fingerprint density at radius 1 is 1.09 bits per heavy atom. The third-order valence-corrected chi connectivity index (χ3v) is 6.06. The molecule has 0 fully saturated rings. The van der Waals surface area contributed by atoms with Crippen LogP contribution in [0.15, 0.2) is 71.1 Å². The van der Waals surface area contributed by atoms with Crippen LogP contribution in [-0.4, -0.2) is 39.3 Å². The molecular weight excluding hydrogens is 438 g/mol. The molecule has 8 nitrogen and oxygen atoms in total. The number of hydrogen-bond acceptors (Lipinski definition) is 7.